The van der Waals surface area contributed by atoms with Gasteiger partial charge in [-0.3, -0.25) is 9.59 Å². The molecule has 3 rings (SSSR count). The van der Waals surface area contributed by atoms with Gasteiger partial charge in [-0.15, -0.1) is 11.3 Å². The molecule has 0 N–H and O–H groups in total. The van der Waals surface area contributed by atoms with E-state index in [1.807, 2.05) is 40.6 Å². The van der Waals surface area contributed by atoms with Crippen molar-refractivity contribution in [3.05, 3.63) is 41.4 Å². The first-order valence-electron chi connectivity index (χ1n) is 8.03. The third-order valence-corrected chi connectivity index (χ3v) is 5.23. The highest BCUT2D eigenvalue weighted by atomic mass is 32.1. The fourth-order valence-corrected chi connectivity index (χ4v) is 3.73. The predicted molar refractivity (Wildman–Crippen MR) is 92.6 cm³/mol. The molecule has 1 aliphatic heterocycles. The summed E-state index contributed by atoms with van der Waals surface area (Å²) in [6.45, 7) is 1.21. The number of nitrogens with zero attached hydrogens (tertiary/aromatic N) is 2. The molecule has 0 radical (unpaired) electrons. The summed E-state index contributed by atoms with van der Waals surface area (Å²) in [5.41, 5.74) is 1.87. The van der Waals surface area contributed by atoms with E-state index in [0.29, 0.717) is 32.4 Å². The number of carbonyl (C=O) groups excluding carboxylic acids is 2. The average molecular weight is 344 g/mol. The third-order valence-electron chi connectivity index (χ3n) is 4.29. The summed E-state index contributed by atoms with van der Waals surface area (Å²) in [5.74, 6) is -0.180. The van der Waals surface area contributed by atoms with Gasteiger partial charge in [0, 0.05) is 24.0 Å². The number of likely N-dealkylation sites (tertiary alicyclic amines) is 1. The number of ether oxygens (including phenoxy) is 1. The van der Waals surface area contributed by atoms with Crippen molar-refractivity contribution < 1.29 is 14.3 Å². The molecule has 0 atom stereocenters. The second-order valence-corrected chi connectivity index (χ2v) is 6.72. The molecule has 1 aromatic carbocycles. The van der Waals surface area contributed by atoms with Gasteiger partial charge in [-0.2, -0.15) is 0 Å². The number of amides is 1. The lowest BCUT2D eigenvalue weighted by Gasteiger charge is -2.30. The second-order valence-electron chi connectivity index (χ2n) is 5.87. The first-order valence-corrected chi connectivity index (χ1v) is 8.91. The lowest BCUT2D eigenvalue weighted by Crippen LogP contribution is -2.41. The Labute approximate surface area is 145 Å². The first-order chi connectivity index (χ1) is 11.7. The molecule has 0 bridgehead atoms. The van der Waals surface area contributed by atoms with Crippen LogP contribution in [0.3, 0.4) is 0 Å². The lowest BCUT2D eigenvalue weighted by molar-refractivity contribution is -0.148. The van der Waals surface area contributed by atoms with Crippen LogP contribution < -0.4 is 0 Å². The van der Waals surface area contributed by atoms with E-state index in [4.69, 9.17) is 4.74 Å². The van der Waals surface area contributed by atoms with E-state index in [1.165, 1.54) is 7.11 Å². The van der Waals surface area contributed by atoms with Crippen molar-refractivity contribution in [2.45, 2.75) is 19.3 Å². The zero-order valence-electron chi connectivity index (χ0n) is 13.6. The molecule has 1 aliphatic rings. The molecule has 0 spiro atoms. The Morgan fingerprint density at radius 2 is 1.96 bits per heavy atom. The lowest BCUT2D eigenvalue weighted by atomic mass is 9.97. The van der Waals surface area contributed by atoms with E-state index in [1.54, 1.807) is 11.3 Å². The molecule has 1 saturated heterocycles. The minimum Gasteiger partial charge on any atom is -0.469 e. The van der Waals surface area contributed by atoms with Gasteiger partial charge in [0.25, 0.3) is 0 Å². The molecule has 2 aromatic rings. The van der Waals surface area contributed by atoms with Crippen molar-refractivity contribution in [2.75, 3.05) is 20.2 Å². The number of carbonyl (C=O) groups is 2. The topological polar surface area (TPSA) is 59.5 Å². The van der Waals surface area contributed by atoms with Crippen LogP contribution in [0.15, 0.2) is 35.7 Å². The van der Waals surface area contributed by atoms with Crippen LogP contribution in [0, 0.1) is 5.92 Å². The third kappa shape index (κ3) is 3.82. The van der Waals surface area contributed by atoms with E-state index in [2.05, 4.69) is 4.98 Å². The summed E-state index contributed by atoms with van der Waals surface area (Å²) in [7, 11) is 1.41. The van der Waals surface area contributed by atoms with E-state index in [9.17, 15) is 9.59 Å². The van der Waals surface area contributed by atoms with Gasteiger partial charge >= 0.3 is 5.97 Å². The standard InChI is InChI=1S/C18H20N2O3S/c1-23-18(22)14-7-9-20(10-8-14)16(21)11-15-12-24-17(19-15)13-5-3-2-4-6-13/h2-6,12,14H,7-11H2,1H3. The van der Waals surface area contributed by atoms with Gasteiger partial charge in [-0.1, -0.05) is 30.3 Å². The molecule has 1 fully saturated rings. The van der Waals surface area contributed by atoms with Crippen LogP contribution in [0.25, 0.3) is 10.6 Å². The van der Waals surface area contributed by atoms with E-state index in [0.717, 1.165) is 16.3 Å². The molecule has 1 amide bonds. The van der Waals surface area contributed by atoms with Gasteiger partial charge < -0.3 is 9.64 Å². The minimum absolute atomic E-state index is 0.0724. The monoisotopic (exact) mass is 344 g/mol. The Morgan fingerprint density at radius 3 is 2.62 bits per heavy atom. The normalized spacial score (nSPS) is 15.3. The summed E-state index contributed by atoms with van der Waals surface area (Å²) in [6.07, 6.45) is 1.65. The average Bonchev–Trinajstić information content (AvgIpc) is 3.10. The molecular weight excluding hydrogens is 324 g/mol. The number of benzene rings is 1. The Hall–Kier alpha value is -2.21. The Kier molecular flexibility index (Phi) is 5.25. The maximum Gasteiger partial charge on any atom is 0.308 e. The Morgan fingerprint density at radius 1 is 1.25 bits per heavy atom. The van der Waals surface area contributed by atoms with Gasteiger partial charge in [-0.05, 0) is 12.8 Å². The van der Waals surface area contributed by atoms with Crippen molar-refractivity contribution in [1.29, 1.82) is 0 Å². The minimum atomic E-state index is -0.172. The maximum absolute atomic E-state index is 12.4. The van der Waals surface area contributed by atoms with Crippen molar-refractivity contribution in [3.8, 4) is 10.6 Å². The van der Waals surface area contributed by atoms with Crippen LogP contribution in [0.4, 0.5) is 0 Å². The number of esters is 1. The van der Waals surface area contributed by atoms with Gasteiger partial charge in [0.1, 0.15) is 5.01 Å². The van der Waals surface area contributed by atoms with Gasteiger partial charge in [0.05, 0.1) is 25.1 Å². The number of aromatic nitrogens is 1. The van der Waals surface area contributed by atoms with Crippen molar-refractivity contribution in [1.82, 2.24) is 9.88 Å². The predicted octanol–water partition coefficient (Wildman–Crippen LogP) is 2.76. The van der Waals surface area contributed by atoms with Gasteiger partial charge in [0.15, 0.2) is 0 Å². The number of piperidine rings is 1. The summed E-state index contributed by atoms with van der Waals surface area (Å²) in [6, 6.07) is 9.96. The number of hydrogen-bond donors (Lipinski definition) is 0. The molecule has 0 aliphatic carbocycles. The number of hydrogen-bond acceptors (Lipinski definition) is 5. The summed E-state index contributed by atoms with van der Waals surface area (Å²) in [4.78, 5) is 30.4. The molecule has 6 heteroatoms. The Bertz CT molecular complexity index is 706. The highest BCUT2D eigenvalue weighted by Gasteiger charge is 2.28. The fourth-order valence-electron chi connectivity index (χ4n) is 2.90. The maximum atomic E-state index is 12.4. The smallest absolute Gasteiger partial charge is 0.308 e. The van der Waals surface area contributed by atoms with E-state index in [-0.39, 0.29) is 17.8 Å². The molecule has 0 saturated carbocycles. The fraction of sp³-hybridized carbons (Fsp3) is 0.389. The second kappa shape index (κ2) is 7.57. The molecule has 2 heterocycles. The molecule has 126 valence electrons. The van der Waals surface area contributed by atoms with Crippen molar-refractivity contribution >= 4 is 23.2 Å². The zero-order chi connectivity index (χ0) is 16.9. The van der Waals surface area contributed by atoms with Gasteiger partial charge in [0.2, 0.25) is 5.91 Å². The van der Waals surface area contributed by atoms with Crippen LogP contribution in [0.2, 0.25) is 0 Å². The van der Waals surface area contributed by atoms with Crippen LogP contribution in [-0.2, 0) is 20.7 Å². The number of methoxy groups -OCH3 is 1. The van der Waals surface area contributed by atoms with Crippen molar-refractivity contribution in [3.63, 3.8) is 0 Å². The van der Waals surface area contributed by atoms with Crippen LogP contribution in [-0.4, -0.2) is 42.0 Å². The molecular formula is C18H20N2O3S. The summed E-state index contributed by atoms with van der Waals surface area (Å²) >= 11 is 1.56. The molecule has 1 aromatic heterocycles. The number of rotatable bonds is 4. The number of thiazole rings is 1. The summed E-state index contributed by atoms with van der Waals surface area (Å²) < 4.78 is 4.77. The quantitative estimate of drug-likeness (QED) is 0.800. The molecule has 0 unspecified atom stereocenters. The van der Waals surface area contributed by atoms with Crippen LogP contribution in [0.1, 0.15) is 18.5 Å². The first kappa shape index (κ1) is 16.6. The van der Waals surface area contributed by atoms with E-state index < -0.39 is 0 Å². The molecule has 5 nitrogen and oxygen atoms in total. The highest BCUT2D eigenvalue weighted by Crippen LogP contribution is 2.24. The van der Waals surface area contributed by atoms with Crippen LogP contribution >= 0.6 is 11.3 Å². The van der Waals surface area contributed by atoms with E-state index >= 15 is 0 Å². The molecule has 24 heavy (non-hydrogen) atoms. The summed E-state index contributed by atoms with van der Waals surface area (Å²) in [5, 5.41) is 2.88. The van der Waals surface area contributed by atoms with Gasteiger partial charge in [-0.25, -0.2) is 4.98 Å². The Balaban J connectivity index is 1.56. The van der Waals surface area contributed by atoms with Crippen molar-refractivity contribution in [2.24, 2.45) is 5.92 Å². The highest BCUT2D eigenvalue weighted by molar-refractivity contribution is 7.13. The largest absolute Gasteiger partial charge is 0.469 e. The SMILES string of the molecule is COC(=O)C1CCN(C(=O)Cc2csc(-c3ccccc3)n2)CC1. The van der Waals surface area contributed by atoms with Crippen LogP contribution in [0.5, 0.6) is 0 Å². The zero-order valence-corrected chi connectivity index (χ0v) is 14.4.